The van der Waals surface area contributed by atoms with E-state index in [4.69, 9.17) is 5.73 Å². The molecule has 1 atom stereocenters. The largest absolute Gasteiger partial charge is 0.330 e. The van der Waals surface area contributed by atoms with Crippen molar-refractivity contribution in [3.63, 3.8) is 0 Å². The monoisotopic (exact) mass is 261 g/mol. The summed E-state index contributed by atoms with van der Waals surface area (Å²) in [6.07, 6.45) is 1.54. The highest BCUT2D eigenvalue weighted by atomic mass is 16.2. The Bertz CT molecular complexity index is 506. The Morgan fingerprint density at radius 2 is 1.89 bits per heavy atom. The molecule has 0 saturated carbocycles. The van der Waals surface area contributed by atoms with E-state index in [2.05, 4.69) is 15.1 Å². The van der Waals surface area contributed by atoms with Crippen molar-refractivity contribution >= 4 is 17.6 Å². The van der Waals surface area contributed by atoms with Gasteiger partial charge < -0.3 is 5.73 Å². The Hall–Kier alpha value is -1.82. The Morgan fingerprint density at radius 1 is 1.26 bits per heavy atom. The van der Waals surface area contributed by atoms with E-state index in [1.54, 1.807) is 0 Å². The predicted molar refractivity (Wildman–Crippen MR) is 73.9 cm³/mol. The Labute approximate surface area is 112 Å². The van der Waals surface area contributed by atoms with Crippen LogP contribution >= 0.6 is 0 Å². The molecule has 0 radical (unpaired) electrons. The summed E-state index contributed by atoms with van der Waals surface area (Å²) in [5.74, 6) is 0.112. The molecule has 0 bridgehead atoms. The maximum atomic E-state index is 12.3. The number of nitrogens with two attached hydrogens (primary N) is 1. The van der Waals surface area contributed by atoms with Crippen LogP contribution in [-0.4, -0.2) is 28.1 Å². The molecule has 19 heavy (non-hydrogen) atoms. The first-order valence-electron chi connectivity index (χ1n) is 6.44. The van der Waals surface area contributed by atoms with Gasteiger partial charge in [0.25, 0.3) is 11.9 Å². The van der Waals surface area contributed by atoms with Gasteiger partial charge in [-0.2, -0.15) is 10.1 Å². The summed E-state index contributed by atoms with van der Waals surface area (Å²) < 4.78 is 0. The number of amides is 1. The van der Waals surface area contributed by atoms with Gasteiger partial charge in [-0.3, -0.25) is 4.79 Å². The fraction of sp³-hybridized carbons (Fsp3) is 0.538. The molecule has 1 aromatic rings. The van der Waals surface area contributed by atoms with Gasteiger partial charge >= 0.3 is 0 Å². The summed E-state index contributed by atoms with van der Waals surface area (Å²) in [7, 11) is 0. The van der Waals surface area contributed by atoms with Crippen molar-refractivity contribution in [1.29, 1.82) is 0 Å². The van der Waals surface area contributed by atoms with Crippen LogP contribution < -0.4 is 10.7 Å². The number of hydrazone groups is 1. The highest BCUT2D eigenvalue weighted by Gasteiger charge is 2.35. The zero-order chi connectivity index (χ0) is 14.0. The Balaban J connectivity index is 2.25. The number of nitrogens with zero attached hydrogens (tertiary/aromatic N) is 4. The molecular formula is C13H19N5O. The summed E-state index contributed by atoms with van der Waals surface area (Å²) in [5.41, 5.74) is 7.95. The van der Waals surface area contributed by atoms with Crippen molar-refractivity contribution in [3.8, 4) is 0 Å². The van der Waals surface area contributed by atoms with Crippen molar-refractivity contribution in [2.75, 3.05) is 11.6 Å². The van der Waals surface area contributed by atoms with Crippen LogP contribution in [0, 0.1) is 19.8 Å². The fourth-order valence-electron chi connectivity index (χ4n) is 2.20. The number of aromatic nitrogens is 2. The number of carbonyl (C=O) groups excluding carboxylic acids is 1. The number of rotatable bonds is 4. The van der Waals surface area contributed by atoms with E-state index in [0.717, 1.165) is 29.9 Å². The molecule has 6 heteroatoms. The number of hydrogen-bond donors (Lipinski definition) is 1. The van der Waals surface area contributed by atoms with E-state index >= 15 is 0 Å². The Morgan fingerprint density at radius 3 is 2.47 bits per heavy atom. The van der Waals surface area contributed by atoms with Crippen molar-refractivity contribution in [1.82, 2.24) is 9.97 Å². The van der Waals surface area contributed by atoms with Crippen LogP contribution in [0.2, 0.25) is 0 Å². The number of aryl methyl sites for hydroxylation is 2. The molecule has 2 heterocycles. The third-order valence-electron chi connectivity index (χ3n) is 3.13. The second-order valence-electron chi connectivity index (χ2n) is 4.83. The van der Waals surface area contributed by atoms with E-state index < -0.39 is 0 Å². The molecule has 0 spiro atoms. The average Bonchev–Trinajstić information content (AvgIpc) is 2.61. The van der Waals surface area contributed by atoms with Gasteiger partial charge in [-0.15, -0.1) is 0 Å². The lowest BCUT2D eigenvalue weighted by atomic mass is 9.99. The van der Waals surface area contributed by atoms with Crippen molar-refractivity contribution < 1.29 is 4.79 Å². The van der Waals surface area contributed by atoms with Crippen LogP contribution in [0.15, 0.2) is 11.2 Å². The van der Waals surface area contributed by atoms with Gasteiger partial charge in [0.05, 0.1) is 5.92 Å². The molecule has 1 aliphatic rings. The SMILES string of the molecule is CC1=NN(c2nc(C)cc(C)n2)C(=O)C1CCCN. The Kier molecular flexibility index (Phi) is 3.90. The van der Waals surface area contributed by atoms with Gasteiger partial charge in [0.2, 0.25) is 0 Å². The highest BCUT2D eigenvalue weighted by molar-refractivity contribution is 6.14. The maximum Gasteiger partial charge on any atom is 0.258 e. The standard InChI is InChI=1S/C13H19N5O/c1-8-7-9(2)16-13(15-8)18-12(19)11(5-4-6-14)10(3)17-18/h7,11H,4-6,14H2,1-3H3. The van der Waals surface area contributed by atoms with Crippen molar-refractivity contribution in [3.05, 3.63) is 17.5 Å². The summed E-state index contributed by atoms with van der Waals surface area (Å²) in [4.78, 5) is 20.9. The number of hydrogen-bond acceptors (Lipinski definition) is 5. The number of anilines is 1. The topological polar surface area (TPSA) is 84.5 Å². The molecule has 1 amide bonds. The third kappa shape index (κ3) is 2.78. The average molecular weight is 261 g/mol. The quantitative estimate of drug-likeness (QED) is 0.881. The molecule has 0 aliphatic carbocycles. The van der Waals surface area contributed by atoms with Gasteiger partial charge in [0, 0.05) is 17.1 Å². The summed E-state index contributed by atoms with van der Waals surface area (Å²) in [5, 5.41) is 5.61. The molecule has 0 saturated heterocycles. The second-order valence-corrected chi connectivity index (χ2v) is 4.83. The van der Waals surface area contributed by atoms with E-state index in [-0.39, 0.29) is 11.8 Å². The second kappa shape index (κ2) is 5.44. The van der Waals surface area contributed by atoms with Gasteiger partial charge in [-0.1, -0.05) is 0 Å². The first-order chi connectivity index (χ1) is 9.02. The minimum Gasteiger partial charge on any atom is -0.330 e. The van der Waals surface area contributed by atoms with Gasteiger partial charge in [0.1, 0.15) is 0 Å². The van der Waals surface area contributed by atoms with Crippen LogP contribution in [0.4, 0.5) is 5.95 Å². The molecule has 2 rings (SSSR count). The molecule has 1 aliphatic heterocycles. The predicted octanol–water partition coefficient (Wildman–Crippen LogP) is 1.17. The molecule has 1 unspecified atom stereocenters. The lowest BCUT2D eigenvalue weighted by molar-refractivity contribution is -0.120. The van der Waals surface area contributed by atoms with Crippen LogP contribution in [-0.2, 0) is 4.79 Å². The van der Waals surface area contributed by atoms with Crippen molar-refractivity contribution in [2.24, 2.45) is 16.8 Å². The van der Waals surface area contributed by atoms with Crippen LogP contribution in [0.25, 0.3) is 0 Å². The molecule has 0 aromatic carbocycles. The molecular weight excluding hydrogens is 242 g/mol. The first kappa shape index (κ1) is 13.6. The molecule has 2 N–H and O–H groups in total. The van der Waals surface area contributed by atoms with E-state index in [1.807, 2.05) is 26.8 Å². The van der Waals surface area contributed by atoms with E-state index in [1.165, 1.54) is 5.01 Å². The smallest absolute Gasteiger partial charge is 0.258 e. The lowest BCUT2D eigenvalue weighted by Crippen LogP contribution is -2.29. The van der Waals surface area contributed by atoms with Crippen LogP contribution in [0.1, 0.15) is 31.2 Å². The molecule has 0 fully saturated rings. The summed E-state index contributed by atoms with van der Waals surface area (Å²) in [6.45, 7) is 6.20. The minimum absolute atomic E-state index is 0.0593. The summed E-state index contributed by atoms with van der Waals surface area (Å²) >= 11 is 0. The van der Waals surface area contributed by atoms with Gasteiger partial charge in [0.15, 0.2) is 0 Å². The molecule has 1 aromatic heterocycles. The zero-order valence-electron chi connectivity index (χ0n) is 11.6. The number of carbonyl (C=O) groups is 1. The van der Waals surface area contributed by atoms with E-state index in [0.29, 0.717) is 12.5 Å². The van der Waals surface area contributed by atoms with Crippen LogP contribution in [0.5, 0.6) is 0 Å². The van der Waals surface area contributed by atoms with E-state index in [9.17, 15) is 4.79 Å². The maximum absolute atomic E-state index is 12.3. The summed E-state index contributed by atoms with van der Waals surface area (Å²) in [6, 6.07) is 1.87. The zero-order valence-corrected chi connectivity index (χ0v) is 11.6. The normalized spacial score (nSPS) is 18.9. The lowest BCUT2D eigenvalue weighted by Gasteiger charge is -2.13. The third-order valence-corrected chi connectivity index (χ3v) is 3.13. The molecule has 6 nitrogen and oxygen atoms in total. The first-order valence-corrected chi connectivity index (χ1v) is 6.44. The molecule has 102 valence electrons. The van der Waals surface area contributed by atoms with Crippen molar-refractivity contribution in [2.45, 2.75) is 33.6 Å². The van der Waals surface area contributed by atoms with Crippen LogP contribution in [0.3, 0.4) is 0 Å². The van der Waals surface area contributed by atoms with Gasteiger partial charge in [-0.05, 0) is 46.2 Å². The highest BCUT2D eigenvalue weighted by Crippen LogP contribution is 2.24. The van der Waals surface area contributed by atoms with Gasteiger partial charge in [-0.25, -0.2) is 9.97 Å². The fourth-order valence-corrected chi connectivity index (χ4v) is 2.20. The minimum atomic E-state index is -0.187.